The van der Waals surface area contributed by atoms with E-state index >= 15 is 0 Å². The van der Waals surface area contributed by atoms with Crippen LogP contribution in [0.2, 0.25) is 0 Å². The number of aliphatic hydroxyl groups excluding tert-OH is 1. The summed E-state index contributed by atoms with van der Waals surface area (Å²) < 4.78 is 47.0. The number of methoxy groups -OCH3 is 1. The van der Waals surface area contributed by atoms with Crippen molar-refractivity contribution in [1.29, 1.82) is 0 Å². The van der Waals surface area contributed by atoms with E-state index in [2.05, 4.69) is 21.5 Å². The standard InChI is InChI=1S/C35H48N4O7S/c1-25-21-39(26(2)24-40)35(41)32-20-29(37-47(42,43)31-12-10-30(44-5)11-13-31)9-14-33(32)46-27(3)8-6-7-19-45-34(25)23-38(4)22-28-15-17-36-18-16-28/h9-18,20,25-27,34,37,40H,6-8,19,21-24H2,1-5H3/t25-,26+,27+,34-/m0/s1. The molecule has 1 aliphatic heterocycles. The number of hydrogen-bond acceptors (Lipinski definition) is 9. The molecule has 0 unspecified atom stereocenters. The second-order valence-electron chi connectivity index (χ2n) is 12.3. The van der Waals surface area contributed by atoms with Crippen LogP contribution in [0, 0.1) is 5.92 Å². The van der Waals surface area contributed by atoms with Crippen LogP contribution in [0.25, 0.3) is 0 Å². The molecular formula is C35H48N4O7S. The number of nitrogens with one attached hydrogen (secondary N) is 1. The summed E-state index contributed by atoms with van der Waals surface area (Å²) in [4.78, 5) is 22.4. The Kier molecular flexibility index (Phi) is 13.0. The van der Waals surface area contributed by atoms with Gasteiger partial charge in [0.2, 0.25) is 0 Å². The fourth-order valence-corrected chi connectivity index (χ4v) is 6.64. The molecule has 4 rings (SSSR count). The number of aromatic nitrogens is 1. The summed E-state index contributed by atoms with van der Waals surface area (Å²) in [5, 5.41) is 10.2. The highest BCUT2D eigenvalue weighted by atomic mass is 32.2. The zero-order valence-corrected chi connectivity index (χ0v) is 28.8. The monoisotopic (exact) mass is 668 g/mol. The summed E-state index contributed by atoms with van der Waals surface area (Å²) in [6, 6.07) is 14.2. The number of rotatable bonds is 10. The van der Waals surface area contributed by atoms with Crippen molar-refractivity contribution in [2.24, 2.45) is 5.92 Å². The Labute approximate surface area is 278 Å². The van der Waals surface area contributed by atoms with Crippen LogP contribution in [0.15, 0.2) is 71.9 Å². The van der Waals surface area contributed by atoms with E-state index in [1.807, 2.05) is 26.1 Å². The Morgan fingerprint density at radius 3 is 2.51 bits per heavy atom. The average Bonchev–Trinajstić information content (AvgIpc) is 3.06. The number of carbonyl (C=O) groups excluding carboxylic acids is 1. The van der Waals surface area contributed by atoms with Crippen LogP contribution >= 0.6 is 0 Å². The minimum absolute atomic E-state index is 0.0545. The third kappa shape index (κ3) is 10.1. The summed E-state index contributed by atoms with van der Waals surface area (Å²) in [6.07, 6.45) is 5.68. The molecule has 3 aromatic rings. The van der Waals surface area contributed by atoms with E-state index in [1.165, 1.54) is 25.3 Å². The van der Waals surface area contributed by atoms with Crippen molar-refractivity contribution in [2.45, 2.75) is 69.7 Å². The Morgan fingerprint density at radius 1 is 1.11 bits per heavy atom. The first-order valence-corrected chi connectivity index (χ1v) is 17.6. The van der Waals surface area contributed by atoms with Crippen LogP contribution in [-0.2, 0) is 21.3 Å². The van der Waals surface area contributed by atoms with Crippen LogP contribution in [-0.4, -0.2) is 92.9 Å². The molecule has 0 spiro atoms. The fourth-order valence-electron chi connectivity index (χ4n) is 5.59. The third-order valence-corrected chi connectivity index (χ3v) is 9.76. The molecular weight excluding hydrogens is 620 g/mol. The fraction of sp³-hybridized carbons (Fsp3) is 0.486. The SMILES string of the molecule is COc1ccc(S(=O)(=O)Nc2ccc3c(c2)C(=O)N([C@H](C)CO)C[C@H](C)[C@H](CN(C)Cc2ccncc2)OCCCC[C@@H](C)O3)cc1. The number of amides is 1. The first kappa shape index (κ1) is 36.1. The second-order valence-corrected chi connectivity index (χ2v) is 14.0. The molecule has 1 aliphatic rings. The lowest BCUT2D eigenvalue weighted by molar-refractivity contribution is -0.0177. The zero-order chi connectivity index (χ0) is 34.0. The van der Waals surface area contributed by atoms with Crippen molar-refractivity contribution >= 4 is 21.6 Å². The molecule has 2 N–H and O–H groups in total. The van der Waals surface area contributed by atoms with Crippen molar-refractivity contribution in [3.63, 3.8) is 0 Å². The van der Waals surface area contributed by atoms with Gasteiger partial charge in [-0.3, -0.25) is 19.4 Å². The minimum Gasteiger partial charge on any atom is -0.497 e. The molecule has 11 nitrogen and oxygen atoms in total. The average molecular weight is 669 g/mol. The number of nitrogens with zero attached hydrogens (tertiary/aromatic N) is 3. The first-order valence-electron chi connectivity index (χ1n) is 16.1. The topological polar surface area (TPSA) is 131 Å². The Hall–Kier alpha value is -3.71. The van der Waals surface area contributed by atoms with Gasteiger partial charge in [0.25, 0.3) is 15.9 Å². The third-order valence-electron chi connectivity index (χ3n) is 8.37. The quantitative estimate of drug-likeness (QED) is 0.312. The lowest BCUT2D eigenvalue weighted by Crippen LogP contribution is -2.47. The number of sulfonamides is 1. The molecule has 0 saturated heterocycles. The number of pyridine rings is 1. The highest BCUT2D eigenvalue weighted by Gasteiger charge is 2.30. The van der Waals surface area contributed by atoms with Crippen LogP contribution in [0.5, 0.6) is 11.5 Å². The summed E-state index contributed by atoms with van der Waals surface area (Å²) in [5.41, 5.74) is 1.57. The van der Waals surface area contributed by atoms with Crippen LogP contribution < -0.4 is 14.2 Å². The first-order chi connectivity index (χ1) is 22.5. The van der Waals surface area contributed by atoms with Gasteiger partial charge in [-0.15, -0.1) is 0 Å². The van der Waals surface area contributed by atoms with Gasteiger partial charge in [0.1, 0.15) is 11.5 Å². The number of aliphatic hydroxyl groups is 1. The Balaban J connectivity index is 1.64. The lowest BCUT2D eigenvalue weighted by Gasteiger charge is -2.36. The lowest BCUT2D eigenvalue weighted by atomic mass is 10.0. The van der Waals surface area contributed by atoms with Crippen molar-refractivity contribution in [3.05, 3.63) is 78.1 Å². The molecule has 0 saturated carbocycles. The van der Waals surface area contributed by atoms with Crippen molar-refractivity contribution in [2.75, 3.05) is 45.2 Å². The summed E-state index contributed by atoms with van der Waals surface area (Å²) in [6.45, 7) is 7.82. The summed E-state index contributed by atoms with van der Waals surface area (Å²) in [5.74, 6) is 0.440. The van der Waals surface area contributed by atoms with E-state index in [0.29, 0.717) is 31.2 Å². The van der Waals surface area contributed by atoms with Gasteiger partial charge in [-0.05, 0) is 100 Å². The van der Waals surface area contributed by atoms with Crippen LogP contribution in [0.3, 0.4) is 0 Å². The molecule has 0 radical (unpaired) electrons. The maximum Gasteiger partial charge on any atom is 0.261 e. The smallest absolute Gasteiger partial charge is 0.261 e. The van der Waals surface area contributed by atoms with Gasteiger partial charge in [0.05, 0.1) is 42.4 Å². The normalized spacial score (nSPS) is 20.5. The number of carbonyl (C=O) groups is 1. The van der Waals surface area contributed by atoms with Gasteiger partial charge >= 0.3 is 0 Å². The summed E-state index contributed by atoms with van der Waals surface area (Å²) >= 11 is 0. The van der Waals surface area contributed by atoms with Gasteiger partial charge in [-0.2, -0.15) is 0 Å². The molecule has 0 bridgehead atoms. The number of hydrogen-bond donors (Lipinski definition) is 2. The van der Waals surface area contributed by atoms with E-state index in [4.69, 9.17) is 14.2 Å². The predicted octanol–water partition coefficient (Wildman–Crippen LogP) is 4.82. The molecule has 2 heterocycles. The molecule has 12 heteroatoms. The molecule has 47 heavy (non-hydrogen) atoms. The molecule has 1 aromatic heterocycles. The van der Waals surface area contributed by atoms with E-state index in [1.54, 1.807) is 48.5 Å². The Morgan fingerprint density at radius 2 is 1.83 bits per heavy atom. The number of fused-ring (bicyclic) bond motifs is 1. The molecule has 0 aliphatic carbocycles. The van der Waals surface area contributed by atoms with E-state index in [0.717, 1.165) is 31.4 Å². The molecule has 2 aromatic carbocycles. The summed E-state index contributed by atoms with van der Waals surface area (Å²) in [7, 11) is -0.408. The van der Waals surface area contributed by atoms with Crippen LogP contribution in [0.4, 0.5) is 5.69 Å². The zero-order valence-electron chi connectivity index (χ0n) is 28.0. The van der Waals surface area contributed by atoms with Gasteiger partial charge < -0.3 is 24.2 Å². The highest BCUT2D eigenvalue weighted by molar-refractivity contribution is 7.92. The minimum atomic E-state index is -3.96. The van der Waals surface area contributed by atoms with Gasteiger partial charge in [-0.1, -0.05) is 6.92 Å². The molecule has 0 fully saturated rings. The number of likely N-dealkylation sites (N-methyl/N-ethyl adjacent to an activating group) is 1. The van der Waals surface area contributed by atoms with E-state index < -0.39 is 16.1 Å². The largest absolute Gasteiger partial charge is 0.497 e. The van der Waals surface area contributed by atoms with Gasteiger partial charge in [-0.25, -0.2) is 8.42 Å². The number of ether oxygens (including phenoxy) is 3. The highest BCUT2D eigenvalue weighted by Crippen LogP contribution is 2.30. The van der Waals surface area contributed by atoms with Crippen LogP contribution in [0.1, 0.15) is 56.0 Å². The van der Waals surface area contributed by atoms with Crippen molar-refractivity contribution in [1.82, 2.24) is 14.8 Å². The number of anilines is 1. The van der Waals surface area contributed by atoms with Crippen molar-refractivity contribution in [3.8, 4) is 11.5 Å². The van der Waals surface area contributed by atoms with Gasteiger partial charge in [0.15, 0.2) is 0 Å². The van der Waals surface area contributed by atoms with Crippen molar-refractivity contribution < 1.29 is 32.5 Å². The van der Waals surface area contributed by atoms with Gasteiger partial charge in [0, 0.05) is 50.2 Å². The maximum atomic E-state index is 14.4. The van der Waals surface area contributed by atoms with E-state index in [9.17, 15) is 18.3 Å². The molecule has 4 atom stereocenters. The maximum absolute atomic E-state index is 14.4. The predicted molar refractivity (Wildman–Crippen MR) is 181 cm³/mol. The Bertz CT molecular complexity index is 1540. The molecule has 256 valence electrons. The number of benzene rings is 2. The second kappa shape index (κ2) is 16.9. The van der Waals surface area contributed by atoms with E-state index in [-0.39, 0.29) is 46.8 Å². The molecule has 1 amide bonds.